The summed E-state index contributed by atoms with van der Waals surface area (Å²) in [5, 5.41) is 0. The summed E-state index contributed by atoms with van der Waals surface area (Å²) in [6.45, 7) is 4.25. The van der Waals surface area contributed by atoms with E-state index in [-0.39, 0.29) is 55.7 Å². The molecule has 10 heteroatoms. The van der Waals surface area contributed by atoms with Crippen LogP contribution in [-0.4, -0.2) is 86.6 Å². The van der Waals surface area contributed by atoms with Gasteiger partial charge in [-0.15, -0.1) is 24.0 Å². The molecule has 0 bridgehead atoms. The van der Waals surface area contributed by atoms with E-state index >= 15 is 0 Å². The topological polar surface area (TPSA) is 63.3 Å². The van der Waals surface area contributed by atoms with Gasteiger partial charge in [0.1, 0.15) is 6.04 Å². The van der Waals surface area contributed by atoms with Crippen molar-refractivity contribution in [1.82, 2.24) is 9.80 Å². The van der Waals surface area contributed by atoms with Crippen LogP contribution in [0.4, 0.5) is 13.2 Å². The maximum Gasteiger partial charge on any atom is 0.405 e. The van der Waals surface area contributed by atoms with Crippen molar-refractivity contribution in [1.29, 1.82) is 0 Å². The summed E-state index contributed by atoms with van der Waals surface area (Å²) < 4.78 is 50.2. The Morgan fingerprint density at radius 1 is 1.26 bits per heavy atom. The number of nitrogens with two attached hydrogens (primary N) is 1. The summed E-state index contributed by atoms with van der Waals surface area (Å²) in [5.74, 6) is 0.151. The first kappa shape index (κ1) is 20.7. The molecular weight excluding hydrogens is 428 g/mol. The minimum atomic E-state index is -4.33. The number of aliphatic imine (C=N–C) groups is 1. The lowest BCUT2D eigenvalue weighted by atomic mass is 10.2. The zero-order valence-electron chi connectivity index (χ0n) is 13.1. The second kappa shape index (κ2) is 9.23. The van der Waals surface area contributed by atoms with Gasteiger partial charge in [-0.1, -0.05) is 0 Å². The number of ether oxygens (including phenoxy) is 2. The van der Waals surface area contributed by atoms with Crippen LogP contribution in [0.2, 0.25) is 0 Å². The van der Waals surface area contributed by atoms with Gasteiger partial charge >= 0.3 is 6.18 Å². The Morgan fingerprint density at radius 3 is 2.48 bits per heavy atom. The molecule has 2 N–H and O–H groups in total. The van der Waals surface area contributed by atoms with Gasteiger partial charge in [0.25, 0.3) is 0 Å². The van der Waals surface area contributed by atoms with Crippen LogP contribution in [0.25, 0.3) is 0 Å². The Morgan fingerprint density at radius 2 is 1.91 bits per heavy atom. The van der Waals surface area contributed by atoms with Crippen molar-refractivity contribution in [2.45, 2.75) is 25.2 Å². The van der Waals surface area contributed by atoms with E-state index in [1.165, 1.54) is 4.90 Å². The fourth-order valence-electron chi connectivity index (χ4n) is 2.62. The second-order valence-electron chi connectivity index (χ2n) is 5.53. The molecule has 0 radical (unpaired) electrons. The predicted octanol–water partition coefficient (Wildman–Crippen LogP) is 0.903. The van der Waals surface area contributed by atoms with Crippen LogP contribution in [0.3, 0.4) is 0 Å². The van der Waals surface area contributed by atoms with Crippen molar-refractivity contribution in [3.05, 3.63) is 0 Å². The largest absolute Gasteiger partial charge is 0.405 e. The van der Waals surface area contributed by atoms with Crippen LogP contribution in [0.15, 0.2) is 4.99 Å². The molecule has 0 aromatic rings. The minimum absolute atomic E-state index is 0. The molecule has 2 atom stereocenters. The van der Waals surface area contributed by atoms with Gasteiger partial charge < -0.3 is 20.1 Å². The highest BCUT2D eigenvalue weighted by Crippen LogP contribution is 2.26. The highest BCUT2D eigenvalue weighted by Gasteiger charge is 2.43. The lowest BCUT2D eigenvalue weighted by Gasteiger charge is -2.35. The van der Waals surface area contributed by atoms with E-state index in [0.717, 1.165) is 0 Å². The van der Waals surface area contributed by atoms with Gasteiger partial charge in [-0.3, -0.25) is 9.89 Å². The third kappa shape index (κ3) is 6.24. The average Bonchev–Trinajstić information content (AvgIpc) is 2.47. The van der Waals surface area contributed by atoms with E-state index in [4.69, 9.17) is 15.2 Å². The zero-order chi connectivity index (χ0) is 16.2. The standard InChI is InChI=1S/C13H23F3N4O2.HI/c1-10-9-20(4-7-22-10)12(17)18-8-11(13(14,15)16)19-2-5-21-6-3-19;/h10-11H,2-9H2,1H3,(H2,17,18);1H. The summed E-state index contributed by atoms with van der Waals surface area (Å²) in [5.41, 5.74) is 5.84. The van der Waals surface area contributed by atoms with Crippen molar-refractivity contribution in [2.75, 3.05) is 52.5 Å². The Labute approximate surface area is 151 Å². The van der Waals surface area contributed by atoms with Crippen molar-refractivity contribution in [2.24, 2.45) is 10.7 Å². The summed E-state index contributed by atoms with van der Waals surface area (Å²) in [7, 11) is 0. The van der Waals surface area contributed by atoms with Gasteiger partial charge in [-0.2, -0.15) is 13.2 Å². The average molecular weight is 452 g/mol. The Hall–Kier alpha value is -0.330. The summed E-state index contributed by atoms with van der Waals surface area (Å²) in [6.07, 6.45) is -4.33. The molecule has 0 aromatic carbocycles. The van der Waals surface area contributed by atoms with Crippen LogP contribution in [0.1, 0.15) is 6.92 Å². The van der Waals surface area contributed by atoms with Gasteiger partial charge in [-0.05, 0) is 6.92 Å². The smallest absolute Gasteiger partial charge is 0.379 e. The molecule has 0 aliphatic carbocycles. The molecule has 2 rings (SSSR count). The maximum atomic E-state index is 13.2. The molecule has 0 amide bonds. The molecule has 0 saturated carbocycles. The Balaban J connectivity index is 0.00000264. The molecule has 2 fully saturated rings. The molecule has 23 heavy (non-hydrogen) atoms. The van der Waals surface area contributed by atoms with Crippen molar-refractivity contribution < 1.29 is 22.6 Å². The van der Waals surface area contributed by atoms with Gasteiger partial charge in [0.2, 0.25) is 0 Å². The lowest BCUT2D eigenvalue weighted by Crippen LogP contribution is -2.53. The fraction of sp³-hybridized carbons (Fsp3) is 0.923. The molecule has 0 aromatic heterocycles. The number of morpholine rings is 2. The number of alkyl halides is 3. The van der Waals surface area contributed by atoms with E-state index in [9.17, 15) is 13.2 Å². The van der Waals surface area contributed by atoms with Gasteiger partial charge in [0, 0.05) is 26.2 Å². The minimum Gasteiger partial charge on any atom is -0.379 e. The molecule has 2 saturated heterocycles. The SMILES string of the molecule is CC1CN(C(N)=NCC(N2CCOCC2)C(F)(F)F)CCO1.I. The summed E-state index contributed by atoms with van der Waals surface area (Å²) in [4.78, 5) is 7.11. The normalized spacial score (nSPS) is 25.8. The number of halogens is 4. The number of hydrogen-bond acceptors (Lipinski definition) is 4. The van der Waals surface area contributed by atoms with E-state index in [2.05, 4.69) is 4.99 Å². The highest BCUT2D eigenvalue weighted by molar-refractivity contribution is 14.0. The van der Waals surface area contributed by atoms with Crippen LogP contribution < -0.4 is 5.73 Å². The van der Waals surface area contributed by atoms with E-state index in [1.807, 2.05) is 6.92 Å². The molecule has 2 unspecified atom stereocenters. The van der Waals surface area contributed by atoms with E-state index in [0.29, 0.717) is 32.9 Å². The number of rotatable bonds is 3. The molecule has 136 valence electrons. The number of nitrogens with zero attached hydrogens (tertiary/aromatic N) is 3. The fourth-order valence-corrected chi connectivity index (χ4v) is 2.62. The number of guanidine groups is 1. The van der Waals surface area contributed by atoms with E-state index in [1.54, 1.807) is 4.90 Å². The molecular formula is C13H24F3IN4O2. The first-order valence-corrected chi connectivity index (χ1v) is 7.43. The van der Waals surface area contributed by atoms with Crippen LogP contribution in [0, 0.1) is 0 Å². The van der Waals surface area contributed by atoms with E-state index < -0.39 is 12.2 Å². The quantitative estimate of drug-likeness (QED) is 0.392. The van der Waals surface area contributed by atoms with Crippen molar-refractivity contribution in [3.8, 4) is 0 Å². The van der Waals surface area contributed by atoms with Crippen molar-refractivity contribution >= 4 is 29.9 Å². The van der Waals surface area contributed by atoms with Gasteiger partial charge in [-0.25, -0.2) is 0 Å². The lowest BCUT2D eigenvalue weighted by molar-refractivity contribution is -0.188. The Bertz CT molecular complexity index is 392. The second-order valence-corrected chi connectivity index (χ2v) is 5.53. The van der Waals surface area contributed by atoms with Gasteiger partial charge in [0.15, 0.2) is 5.96 Å². The van der Waals surface area contributed by atoms with Crippen LogP contribution >= 0.6 is 24.0 Å². The molecule has 0 spiro atoms. The molecule has 2 aliphatic heterocycles. The number of hydrogen-bond donors (Lipinski definition) is 1. The van der Waals surface area contributed by atoms with Crippen LogP contribution in [0.5, 0.6) is 0 Å². The maximum absolute atomic E-state index is 13.2. The first-order valence-electron chi connectivity index (χ1n) is 7.43. The van der Waals surface area contributed by atoms with Crippen molar-refractivity contribution in [3.63, 3.8) is 0 Å². The predicted molar refractivity (Wildman–Crippen MR) is 91.1 cm³/mol. The van der Waals surface area contributed by atoms with Gasteiger partial charge in [0.05, 0.1) is 32.5 Å². The molecule has 2 aliphatic rings. The third-order valence-electron chi connectivity index (χ3n) is 3.86. The zero-order valence-corrected chi connectivity index (χ0v) is 15.4. The third-order valence-corrected chi connectivity index (χ3v) is 3.86. The molecule has 6 nitrogen and oxygen atoms in total. The monoisotopic (exact) mass is 452 g/mol. The highest BCUT2D eigenvalue weighted by atomic mass is 127. The first-order chi connectivity index (χ1) is 10.4. The molecule has 2 heterocycles. The summed E-state index contributed by atoms with van der Waals surface area (Å²) in [6, 6.07) is -1.62. The summed E-state index contributed by atoms with van der Waals surface area (Å²) >= 11 is 0. The van der Waals surface area contributed by atoms with Crippen LogP contribution in [-0.2, 0) is 9.47 Å². The Kier molecular flexibility index (Phi) is 8.31.